The summed E-state index contributed by atoms with van der Waals surface area (Å²) in [6.45, 7) is 7.37. The SMILES string of the molecule is C=CCCCC/C=C/C(=O)OCC=C. The molecule has 0 radical (unpaired) electrons. The van der Waals surface area contributed by atoms with Gasteiger partial charge in [-0.2, -0.15) is 0 Å². The Morgan fingerprint density at radius 2 is 1.86 bits per heavy atom. The number of unbranched alkanes of at least 4 members (excludes halogenated alkanes) is 3. The third-order valence-electron chi connectivity index (χ3n) is 1.63. The van der Waals surface area contributed by atoms with Crippen LogP contribution in [0.25, 0.3) is 0 Å². The number of carbonyl (C=O) groups is 1. The molecule has 2 heteroatoms. The average molecular weight is 194 g/mol. The van der Waals surface area contributed by atoms with Gasteiger partial charge in [0, 0.05) is 6.08 Å². The van der Waals surface area contributed by atoms with E-state index in [0.717, 1.165) is 25.7 Å². The number of ether oxygens (including phenoxy) is 1. The summed E-state index contributed by atoms with van der Waals surface area (Å²) in [5.41, 5.74) is 0. The highest BCUT2D eigenvalue weighted by molar-refractivity contribution is 5.81. The zero-order valence-corrected chi connectivity index (χ0v) is 8.58. The maximum Gasteiger partial charge on any atom is 0.330 e. The van der Waals surface area contributed by atoms with Crippen LogP contribution >= 0.6 is 0 Å². The quantitative estimate of drug-likeness (QED) is 0.257. The highest BCUT2D eigenvalue weighted by Gasteiger charge is 1.92. The number of hydrogen-bond acceptors (Lipinski definition) is 2. The van der Waals surface area contributed by atoms with Crippen LogP contribution in [0.5, 0.6) is 0 Å². The summed E-state index contributed by atoms with van der Waals surface area (Å²) in [6, 6.07) is 0. The summed E-state index contributed by atoms with van der Waals surface area (Å²) in [4.78, 5) is 10.9. The maximum absolute atomic E-state index is 10.9. The molecule has 0 aliphatic carbocycles. The van der Waals surface area contributed by atoms with Crippen molar-refractivity contribution in [3.8, 4) is 0 Å². The van der Waals surface area contributed by atoms with Gasteiger partial charge in [0.1, 0.15) is 6.61 Å². The first-order valence-electron chi connectivity index (χ1n) is 4.86. The number of allylic oxidation sites excluding steroid dienone is 2. The van der Waals surface area contributed by atoms with Gasteiger partial charge in [0.05, 0.1) is 0 Å². The minimum atomic E-state index is -0.298. The fourth-order valence-corrected chi connectivity index (χ4v) is 0.920. The van der Waals surface area contributed by atoms with E-state index < -0.39 is 0 Å². The lowest BCUT2D eigenvalue weighted by Gasteiger charge is -1.95. The predicted molar refractivity (Wildman–Crippen MR) is 59.0 cm³/mol. The highest BCUT2D eigenvalue weighted by Crippen LogP contribution is 2.00. The van der Waals surface area contributed by atoms with E-state index in [4.69, 9.17) is 4.74 Å². The molecule has 0 heterocycles. The lowest BCUT2D eigenvalue weighted by Crippen LogP contribution is -1.99. The van der Waals surface area contributed by atoms with E-state index in [2.05, 4.69) is 13.2 Å². The van der Waals surface area contributed by atoms with Gasteiger partial charge in [0.15, 0.2) is 0 Å². The van der Waals surface area contributed by atoms with E-state index in [1.165, 1.54) is 6.08 Å². The van der Waals surface area contributed by atoms with Crippen LogP contribution in [0.1, 0.15) is 25.7 Å². The average Bonchev–Trinajstić information content (AvgIpc) is 2.20. The van der Waals surface area contributed by atoms with Crippen molar-refractivity contribution in [1.82, 2.24) is 0 Å². The first kappa shape index (κ1) is 12.7. The van der Waals surface area contributed by atoms with E-state index in [-0.39, 0.29) is 12.6 Å². The number of carbonyl (C=O) groups excluding carboxylic acids is 1. The zero-order valence-electron chi connectivity index (χ0n) is 8.58. The molecule has 0 rings (SSSR count). The van der Waals surface area contributed by atoms with Crippen LogP contribution in [0.4, 0.5) is 0 Å². The van der Waals surface area contributed by atoms with Crippen LogP contribution in [0.15, 0.2) is 37.5 Å². The van der Waals surface area contributed by atoms with Crippen LogP contribution in [0, 0.1) is 0 Å². The molecule has 0 N–H and O–H groups in total. The third-order valence-corrected chi connectivity index (χ3v) is 1.63. The first-order chi connectivity index (χ1) is 6.81. The fourth-order valence-electron chi connectivity index (χ4n) is 0.920. The van der Waals surface area contributed by atoms with Crippen molar-refractivity contribution < 1.29 is 9.53 Å². The smallest absolute Gasteiger partial charge is 0.330 e. The number of esters is 1. The summed E-state index contributed by atoms with van der Waals surface area (Å²) >= 11 is 0. The Morgan fingerprint density at radius 3 is 2.50 bits per heavy atom. The molecule has 0 amide bonds. The van der Waals surface area contributed by atoms with E-state index in [9.17, 15) is 4.79 Å². The molecule has 0 unspecified atom stereocenters. The van der Waals surface area contributed by atoms with Crippen molar-refractivity contribution in [3.63, 3.8) is 0 Å². The molecule has 0 aromatic heterocycles. The molecule has 0 fully saturated rings. The van der Waals surface area contributed by atoms with Gasteiger partial charge in [0.25, 0.3) is 0 Å². The molecular formula is C12H18O2. The minimum Gasteiger partial charge on any atom is -0.458 e. The van der Waals surface area contributed by atoms with Gasteiger partial charge in [-0.1, -0.05) is 24.8 Å². The molecule has 0 aromatic rings. The molecule has 0 aromatic carbocycles. The molecular weight excluding hydrogens is 176 g/mol. The van der Waals surface area contributed by atoms with Gasteiger partial charge in [-0.15, -0.1) is 6.58 Å². The summed E-state index contributed by atoms with van der Waals surface area (Å²) in [6.07, 6.45) is 10.9. The Kier molecular flexibility index (Phi) is 8.86. The Morgan fingerprint density at radius 1 is 1.14 bits per heavy atom. The van der Waals surface area contributed by atoms with Crippen molar-refractivity contribution in [2.75, 3.05) is 6.61 Å². The maximum atomic E-state index is 10.9. The summed E-state index contributed by atoms with van der Waals surface area (Å²) in [5.74, 6) is -0.298. The van der Waals surface area contributed by atoms with Crippen molar-refractivity contribution in [1.29, 1.82) is 0 Å². The van der Waals surface area contributed by atoms with E-state index in [1.807, 2.05) is 12.2 Å². The molecule has 78 valence electrons. The lowest BCUT2D eigenvalue weighted by molar-refractivity contribution is -0.136. The monoisotopic (exact) mass is 194 g/mol. The fraction of sp³-hybridized carbons (Fsp3) is 0.417. The largest absolute Gasteiger partial charge is 0.458 e. The van der Waals surface area contributed by atoms with Gasteiger partial charge < -0.3 is 4.74 Å². The molecule has 0 saturated heterocycles. The van der Waals surface area contributed by atoms with Crippen LogP contribution in [0.2, 0.25) is 0 Å². The van der Waals surface area contributed by atoms with Crippen LogP contribution in [-0.4, -0.2) is 12.6 Å². The lowest BCUT2D eigenvalue weighted by atomic mass is 10.2. The van der Waals surface area contributed by atoms with Crippen LogP contribution in [-0.2, 0) is 9.53 Å². The van der Waals surface area contributed by atoms with Crippen molar-refractivity contribution in [2.24, 2.45) is 0 Å². The van der Waals surface area contributed by atoms with Crippen molar-refractivity contribution in [3.05, 3.63) is 37.5 Å². The normalized spacial score (nSPS) is 10.0. The van der Waals surface area contributed by atoms with Gasteiger partial charge in [0.2, 0.25) is 0 Å². The van der Waals surface area contributed by atoms with Gasteiger partial charge in [-0.25, -0.2) is 4.79 Å². The molecule has 0 atom stereocenters. The zero-order chi connectivity index (χ0) is 10.6. The van der Waals surface area contributed by atoms with Crippen molar-refractivity contribution >= 4 is 5.97 Å². The third kappa shape index (κ3) is 8.78. The van der Waals surface area contributed by atoms with Crippen LogP contribution in [0.3, 0.4) is 0 Å². The minimum absolute atomic E-state index is 0.277. The molecule has 2 nitrogen and oxygen atoms in total. The van der Waals surface area contributed by atoms with Gasteiger partial charge in [-0.05, 0) is 25.7 Å². The van der Waals surface area contributed by atoms with E-state index in [1.54, 1.807) is 6.08 Å². The Balaban J connectivity index is 3.36. The molecule has 0 bridgehead atoms. The van der Waals surface area contributed by atoms with Gasteiger partial charge in [-0.3, -0.25) is 0 Å². The molecule has 0 spiro atoms. The van der Waals surface area contributed by atoms with Crippen LogP contribution < -0.4 is 0 Å². The number of hydrogen-bond donors (Lipinski definition) is 0. The molecule has 14 heavy (non-hydrogen) atoms. The second kappa shape index (κ2) is 9.78. The molecule has 0 aliphatic rings. The van der Waals surface area contributed by atoms with Crippen molar-refractivity contribution in [2.45, 2.75) is 25.7 Å². The predicted octanol–water partition coefficient (Wildman–Crippen LogP) is 3.02. The Labute approximate surface area is 86.0 Å². The summed E-state index contributed by atoms with van der Waals surface area (Å²) < 4.78 is 4.76. The Bertz CT molecular complexity index is 204. The van der Waals surface area contributed by atoms with E-state index >= 15 is 0 Å². The van der Waals surface area contributed by atoms with E-state index in [0.29, 0.717) is 0 Å². The summed E-state index contributed by atoms with van der Waals surface area (Å²) in [5, 5.41) is 0. The second-order valence-corrected chi connectivity index (χ2v) is 2.89. The topological polar surface area (TPSA) is 26.3 Å². The first-order valence-corrected chi connectivity index (χ1v) is 4.86. The highest BCUT2D eigenvalue weighted by atomic mass is 16.5. The number of rotatable bonds is 8. The summed E-state index contributed by atoms with van der Waals surface area (Å²) in [7, 11) is 0. The van der Waals surface area contributed by atoms with Gasteiger partial charge >= 0.3 is 5.97 Å². The second-order valence-electron chi connectivity index (χ2n) is 2.89. The molecule has 0 saturated carbocycles. The molecule has 0 aliphatic heterocycles. The standard InChI is InChI=1S/C12H18O2/c1-3-5-6-7-8-9-10-12(13)14-11-4-2/h3-4,9-10H,1-2,5-8,11H2/b10-9+. The Hall–Kier alpha value is -1.31.